The van der Waals surface area contributed by atoms with E-state index in [1.54, 1.807) is 12.1 Å². The second-order valence-corrected chi connectivity index (χ2v) is 4.67. The molecule has 1 aliphatic rings. The Morgan fingerprint density at radius 1 is 1.50 bits per heavy atom. The van der Waals surface area contributed by atoms with Gasteiger partial charge in [-0.1, -0.05) is 12.1 Å². The first kappa shape index (κ1) is 11.1. The molecule has 0 heterocycles. The van der Waals surface area contributed by atoms with Crippen LogP contribution < -0.4 is 5.73 Å². The Balaban J connectivity index is 2.59. The maximum Gasteiger partial charge on any atom is 0.273 e. The lowest BCUT2D eigenvalue weighted by atomic mass is 9.85. The maximum absolute atomic E-state index is 11.0. The molecule has 2 rings (SSSR count). The molecule has 0 bridgehead atoms. The topological polar surface area (TPSA) is 69.2 Å². The SMILES string of the molecule is Cc1cccc([N+](=O)[O-])c1C1(C(C)N)CC1. The first-order chi connectivity index (χ1) is 7.49. The number of hydrogen-bond acceptors (Lipinski definition) is 3. The van der Waals surface area contributed by atoms with E-state index in [9.17, 15) is 10.1 Å². The number of rotatable bonds is 3. The highest BCUT2D eigenvalue weighted by atomic mass is 16.6. The van der Waals surface area contributed by atoms with Crippen LogP contribution in [0.4, 0.5) is 5.69 Å². The number of nitrogens with zero attached hydrogens (tertiary/aromatic N) is 1. The van der Waals surface area contributed by atoms with Gasteiger partial charge in [-0.05, 0) is 32.3 Å². The van der Waals surface area contributed by atoms with Crippen molar-refractivity contribution in [3.63, 3.8) is 0 Å². The summed E-state index contributed by atoms with van der Waals surface area (Å²) in [6.45, 7) is 3.86. The van der Waals surface area contributed by atoms with E-state index in [4.69, 9.17) is 5.73 Å². The fourth-order valence-electron chi connectivity index (χ4n) is 2.52. The lowest BCUT2D eigenvalue weighted by Gasteiger charge is -2.21. The summed E-state index contributed by atoms with van der Waals surface area (Å²) in [4.78, 5) is 10.7. The zero-order chi connectivity index (χ0) is 11.9. The Morgan fingerprint density at radius 3 is 2.56 bits per heavy atom. The molecule has 1 aromatic carbocycles. The van der Waals surface area contributed by atoms with Crippen LogP contribution in [0.2, 0.25) is 0 Å². The number of aryl methyl sites for hydroxylation is 1. The predicted molar refractivity (Wildman–Crippen MR) is 62.4 cm³/mol. The molecule has 2 N–H and O–H groups in total. The van der Waals surface area contributed by atoms with Gasteiger partial charge >= 0.3 is 0 Å². The van der Waals surface area contributed by atoms with Crippen LogP contribution in [0.1, 0.15) is 30.9 Å². The second kappa shape index (κ2) is 3.56. The molecule has 1 aromatic rings. The van der Waals surface area contributed by atoms with Crippen LogP contribution >= 0.6 is 0 Å². The molecule has 1 fully saturated rings. The van der Waals surface area contributed by atoms with Crippen molar-refractivity contribution in [2.45, 2.75) is 38.1 Å². The van der Waals surface area contributed by atoms with E-state index in [1.165, 1.54) is 0 Å². The molecule has 1 unspecified atom stereocenters. The summed E-state index contributed by atoms with van der Waals surface area (Å²) in [5.41, 5.74) is 7.86. The van der Waals surface area contributed by atoms with Crippen LogP contribution in [0.15, 0.2) is 18.2 Å². The average molecular weight is 220 g/mol. The third-order valence-electron chi connectivity index (χ3n) is 3.61. The average Bonchev–Trinajstić information content (AvgIpc) is 2.98. The molecule has 0 aromatic heterocycles. The van der Waals surface area contributed by atoms with Crippen molar-refractivity contribution in [1.29, 1.82) is 0 Å². The second-order valence-electron chi connectivity index (χ2n) is 4.67. The van der Waals surface area contributed by atoms with Gasteiger partial charge in [0, 0.05) is 23.1 Å². The molecular formula is C12H16N2O2. The Kier molecular flexibility index (Phi) is 2.46. The highest BCUT2D eigenvalue weighted by molar-refractivity contribution is 5.53. The quantitative estimate of drug-likeness (QED) is 0.627. The molecule has 4 heteroatoms. The van der Waals surface area contributed by atoms with Gasteiger partial charge in [-0.25, -0.2) is 0 Å². The van der Waals surface area contributed by atoms with Crippen LogP contribution in [0.25, 0.3) is 0 Å². The standard InChI is InChI=1S/C12H16N2O2/c1-8-4-3-5-10(14(15)16)11(8)12(6-7-12)9(2)13/h3-5,9H,6-7,13H2,1-2H3. The molecular weight excluding hydrogens is 204 g/mol. The zero-order valence-corrected chi connectivity index (χ0v) is 9.56. The van der Waals surface area contributed by atoms with Gasteiger partial charge in [0.25, 0.3) is 5.69 Å². The lowest BCUT2D eigenvalue weighted by Crippen LogP contribution is -2.32. The maximum atomic E-state index is 11.0. The monoisotopic (exact) mass is 220 g/mol. The number of nitro groups is 1. The predicted octanol–water partition coefficient (Wildman–Crippen LogP) is 2.28. The first-order valence-corrected chi connectivity index (χ1v) is 5.49. The van der Waals surface area contributed by atoms with Crippen LogP contribution in [-0.4, -0.2) is 11.0 Å². The number of hydrogen-bond donors (Lipinski definition) is 1. The van der Waals surface area contributed by atoms with Crippen LogP contribution in [0.3, 0.4) is 0 Å². The molecule has 86 valence electrons. The normalized spacial score (nSPS) is 19.2. The van der Waals surface area contributed by atoms with Gasteiger partial charge in [0.1, 0.15) is 0 Å². The molecule has 16 heavy (non-hydrogen) atoms. The van der Waals surface area contributed by atoms with E-state index < -0.39 is 0 Å². The summed E-state index contributed by atoms with van der Waals surface area (Å²) in [6, 6.07) is 5.19. The minimum atomic E-state index is -0.301. The summed E-state index contributed by atoms with van der Waals surface area (Å²) < 4.78 is 0. The van der Waals surface area contributed by atoms with E-state index in [0.29, 0.717) is 0 Å². The van der Waals surface area contributed by atoms with Gasteiger partial charge in [-0.2, -0.15) is 0 Å². The highest BCUT2D eigenvalue weighted by Gasteiger charge is 2.51. The Labute approximate surface area is 94.6 Å². The van der Waals surface area contributed by atoms with E-state index in [-0.39, 0.29) is 22.1 Å². The Hall–Kier alpha value is -1.42. The van der Waals surface area contributed by atoms with Crippen molar-refractivity contribution < 1.29 is 4.92 Å². The van der Waals surface area contributed by atoms with Gasteiger partial charge in [-0.15, -0.1) is 0 Å². The summed E-state index contributed by atoms with van der Waals surface area (Å²) in [5, 5.41) is 11.0. The molecule has 0 spiro atoms. The largest absolute Gasteiger partial charge is 0.327 e. The third-order valence-corrected chi connectivity index (χ3v) is 3.61. The Bertz CT molecular complexity index is 437. The number of nitro benzene ring substituents is 1. The van der Waals surface area contributed by atoms with Crippen molar-refractivity contribution >= 4 is 5.69 Å². The molecule has 0 saturated heterocycles. The molecule has 4 nitrogen and oxygen atoms in total. The van der Waals surface area contributed by atoms with Crippen molar-refractivity contribution in [2.24, 2.45) is 5.73 Å². The summed E-state index contributed by atoms with van der Waals surface area (Å²) in [7, 11) is 0. The first-order valence-electron chi connectivity index (χ1n) is 5.49. The molecule has 1 saturated carbocycles. The van der Waals surface area contributed by atoms with E-state index in [2.05, 4.69) is 0 Å². The summed E-state index contributed by atoms with van der Waals surface area (Å²) in [5.74, 6) is 0. The van der Waals surface area contributed by atoms with Crippen molar-refractivity contribution in [2.75, 3.05) is 0 Å². The van der Waals surface area contributed by atoms with E-state index in [1.807, 2.05) is 19.9 Å². The number of nitrogens with two attached hydrogens (primary N) is 1. The highest BCUT2D eigenvalue weighted by Crippen LogP contribution is 2.54. The van der Waals surface area contributed by atoms with Crippen LogP contribution in [0.5, 0.6) is 0 Å². The minimum Gasteiger partial charge on any atom is -0.327 e. The molecule has 1 atom stereocenters. The van der Waals surface area contributed by atoms with Gasteiger partial charge in [0.2, 0.25) is 0 Å². The summed E-state index contributed by atoms with van der Waals surface area (Å²) in [6.07, 6.45) is 1.91. The molecule has 0 radical (unpaired) electrons. The Morgan fingerprint density at radius 2 is 2.12 bits per heavy atom. The fraction of sp³-hybridized carbons (Fsp3) is 0.500. The van der Waals surface area contributed by atoms with Gasteiger partial charge in [0.15, 0.2) is 0 Å². The van der Waals surface area contributed by atoms with Crippen molar-refractivity contribution in [1.82, 2.24) is 0 Å². The fourth-order valence-corrected chi connectivity index (χ4v) is 2.52. The van der Waals surface area contributed by atoms with E-state index in [0.717, 1.165) is 24.0 Å². The zero-order valence-electron chi connectivity index (χ0n) is 9.56. The molecule has 0 amide bonds. The molecule has 0 aliphatic heterocycles. The van der Waals surface area contributed by atoms with E-state index >= 15 is 0 Å². The van der Waals surface area contributed by atoms with Crippen molar-refractivity contribution in [3.05, 3.63) is 39.4 Å². The summed E-state index contributed by atoms with van der Waals surface area (Å²) >= 11 is 0. The van der Waals surface area contributed by atoms with Crippen molar-refractivity contribution in [3.8, 4) is 0 Å². The third kappa shape index (κ3) is 1.50. The van der Waals surface area contributed by atoms with Gasteiger partial charge in [-0.3, -0.25) is 10.1 Å². The minimum absolute atomic E-state index is 0.0349. The van der Waals surface area contributed by atoms with Crippen LogP contribution in [0, 0.1) is 17.0 Å². The smallest absolute Gasteiger partial charge is 0.273 e. The van der Waals surface area contributed by atoms with Gasteiger partial charge in [0.05, 0.1) is 4.92 Å². The lowest BCUT2D eigenvalue weighted by molar-refractivity contribution is -0.385. The molecule has 1 aliphatic carbocycles. The number of benzene rings is 1. The van der Waals surface area contributed by atoms with Crippen LogP contribution in [-0.2, 0) is 5.41 Å². The van der Waals surface area contributed by atoms with Gasteiger partial charge < -0.3 is 5.73 Å².